The molecular weight excluding hydrogens is 273 g/mol. The summed E-state index contributed by atoms with van der Waals surface area (Å²) in [4.78, 5) is 0. The molecule has 0 N–H and O–H groups in total. The van der Waals surface area contributed by atoms with Crippen LogP contribution in [0.1, 0.15) is 30.9 Å². The number of benzene rings is 2. The zero-order chi connectivity index (χ0) is 15.0. The van der Waals surface area contributed by atoms with Gasteiger partial charge >= 0.3 is 0 Å². The zero-order valence-electron chi connectivity index (χ0n) is 11.9. The van der Waals surface area contributed by atoms with E-state index in [0.29, 0.717) is 23.5 Å². The zero-order valence-corrected chi connectivity index (χ0v) is 11.9. The quantitative estimate of drug-likeness (QED) is 0.705. The monoisotopic (exact) mass is 290 g/mol. The minimum absolute atomic E-state index is 0.0382. The van der Waals surface area contributed by atoms with Crippen LogP contribution in [0, 0.1) is 23.4 Å². The van der Waals surface area contributed by atoms with Gasteiger partial charge < -0.3 is 0 Å². The van der Waals surface area contributed by atoms with Crippen LogP contribution in [0.15, 0.2) is 30.3 Å². The molecule has 1 atom stereocenters. The molecule has 2 aromatic carbocycles. The fraction of sp³-hybridized carbons (Fsp3) is 0.333. The summed E-state index contributed by atoms with van der Waals surface area (Å²) in [5.74, 6) is -0.947. The van der Waals surface area contributed by atoms with Gasteiger partial charge in [0.25, 0.3) is 0 Å². The lowest BCUT2D eigenvalue weighted by molar-refractivity contribution is 0.431. The summed E-state index contributed by atoms with van der Waals surface area (Å²) in [6.07, 6.45) is 3.36. The highest BCUT2D eigenvalue weighted by Crippen LogP contribution is 2.36. The van der Waals surface area contributed by atoms with E-state index in [1.165, 1.54) is 30.3 Å². The number of hydrogen-bond donors (Lipinski definition) is 0. The first kappa shape index (κ1) is 14.2. The predicted octanol–water partition coefficient (Wildman–Crippen LogP) is 5.29. The molecule has 110 valence electrons. The van der Waals surface area contributed by atoms with E-state index in [9.17, 15) is 13.2 Å². The lowest BCUT2D eigenvalue weighted by Crippen LogP contribution is -2.16. The molecule has 2 aromatic rings. The first-order valence-electron chi connectivity index (χ1n) is 7.35. The van der Waals surface area contributed by atoms with Crippen LogP contribution in [0.2, 0.25) is 0 Å². The molecule has 1 aliphatic rings. The molecule has 0 radical (unpaired) electrons. The summed E-state index contributed by atoms with van der Waals surface area (Å²) < 4.78 is 42.0. The normalized spacial score (nSPS) is 17.6. The Morgan fingerprint density at radius 1 is 1.10 bits per heavy atom. The molecule has 0 spiro atoms. The Morgan fingerprint density at radius 3 is 2.48 bits per heavy atom. The summed E-state index contributed by atoms with van der Waals surface area (Å²) in [7, 11) is 0. The Labute approximate surface area is 122 Å². The highest BCUT2D eigenvalue weighted by atomic mass is 19.1. The average molecular weight is 290 g/mol. The topological polar surface area (TPSA) is 0 Å². The van der Waals surface area contributed by atoms with Gasteiger partial charge in [0, 0.05) is 0 Å². The maximum Gasteiger partial charge on any atom is 0.137 e. The Morgan fingerprint density at radius 2 is 1.81 bits per heavy atom. The highest BCUT2D eigenvalue weighted by Gasteiger charge is 2.25. The van der Waals surface area contributed by atoms with E-state index in [0.717, 1.165) is 24.8 Å². The molecule has 1 aliphatic carbocycles. The minimum atomic E-state index is -0.561. The lowest BCUT2D eigenvalue weighted by atomic mass is 9.81. The van der Waals surface area contributed by atoms with Crippen molar-refractivity contribution in [1.82, 2.24) is 0 Å². The standard InChI is InChI=1S/C18H17F3/c1-2-11-3-8-15-13(9-11)10-16(20)17(18(15)21)12-4-6-14(19)7-5-12/h4-7,10-11H,2-3,8-9H2,1H3. The first-order valence-corrected chi connectivity index (χ1v) is 7.35. The molecule has 0 nitrogen and oxygen atoms in total. The molecule has 0 bridgehead atoms. The van der Waals surface area contributed by atoms with Gasteiger partial charge in [-0.05, 0) is 60.1 Å². The minimum Gasteiger partial charge on any atom is -0.207 e. The third-order valence-electron chi connectivity index (χ3n) is 4.43. The van der Waals surface area contributed by atoms with Gasteiger partial charge in [0.1, 0.15) is 17.5 Å². The molecule has 0 aromatic heterocycles. The summed E-state index contributed by atoms with van der Waals surface area (Å²) in [6, 6.07) is 6.74. The third kappa shape index (κ3) is 2.57. The molecule has 0 saturated heterocycles. The van der Waals surface area contributed by atoms with Crippen LogP contribution in [0.4, 0.5) is 13.2 Å². The maximum atomic E-state index is 14.7. The third-order valence-corrected chi connectivity index (χ3v) is 4.43. The average Bonchev–Trinajstić information content (AvgIpc) is 2.48. The SMILES string of the molecule is CCC1CCc2c(cc(F)c(-c3ccc(F)cc3)c2F)C1. The van der Waals surface area contributed by atoms with Crippen LogP contribution in [0.3, 0.4) is 0 Å². The van der Waals surface area contributed by atoms with Crippen molar-refractivity contribution in [1.29, 1.82) is 0 Å². The van der Waals surface area contributed by atoms with Crippen molar-refractivity contribution in [2.45, 2.75) is 32.6 Å². The Balaban J connectivity index is 2.09. The van der Waals surface area contributed by atoms with E-state index < -0.39 is 17.5 Å². The van der Waals surface area contributed by atoms with E-state index in [2.05, 4.69) is 6.92 Å². The maximum absolute atomic E-state index is 14.7. The predicted molar refractivity (Wildman–Crippen MR) is 77.6 cm³/mol. The van der Waals surface area contributed by atoms with E-state index in [1.807, 2.05) is 0 Å². The van der Waals surface area contributed by atoms with E-state index in [1.54, 1.807) is 0 Å². The Bertz CT molecular complexity index is 659. The molecule has 21 heavy (non-hydrogen) atoms. The van der Waals surface area contributed by atoms with Crippen LogP contribution in [0.5, 0.6) is 0 Å². The van der Waals surface area contributed by atoms with Crippen LogP contribution < -0.4 is 0 Å². The second-order valence-electron chi connectivity index (χ2n) is 5.71. The number of rotatable bonds is 2. The van der Waals surface area contributed by atoms with Crippen LogP contribution in [-0.4, -0.2) is 0 Å². The fourth-order valence-electron chi connectivity index (χ4n) is 3.15. The van der Waals surface area contributed by atoms with Gasteiger partial charge in [-0.15, -0.1) is 0 Å². The molecule has 3 heteroatoms. The Hall–Kier alpha value is -1.77. The molecule has 0 heterocycles. The van der Waals surface area contributed by atoms with Gasteiger partial charge in [-0.2, -0.15) is 0 Å². The van der Waals surface area contributed by atoms with Gasteiger partial charge in [0.05, 0.1) is 5.56 Å². The number of halogens is 3. The highest BCUT2D eigenvalue weighted by molar-refractivity contribution is 5.67. The van der Waals surface area contributed by atoms with E-state index in [-0.39, 0.29) is 5.56 Å². The number of hydrogen-bond acceptors (Lipinski definition) is 0. The second kappa shape index (κ2) is 5.55. The van der Waals surface area contributed by atoms with Gasteiger partial charge in [0.15, 0.2) is 0 Å². The fourth-order valence-corrected chi connectivity index (χ4v) is 3.15. The summed E-state index contributed by atoms with van der Waals surface area (Å²) in [5.41, 5.74) is 1.75. The smallest absolute Gasteiger partial charge is 0.137 e. The van der Waals surface area contributed by atoms with Crippen LogP contribution >= 0.6 is 0 Å². The van der Waals surface area contributed by atoms with Gasteiger partial charge in [-0.3, -0.25) is 0 Å². The molecule has 0 fully saturated rings. The van der Waals surface area contributed by atoms with Crippen LogP contribution in [-0.2, 0) is 12.8 Å². The largest absolute Gasteiger partial charge is 0.207 e. The number of fused-ring (bicyclic) bond motifs is 1. The van der Waals surface area contributed by atoms with Crippen molar-refractivity contribution in [3.05, 3.63) is 58.9 Å². The summed E-state index contributed by atoms with van der Waals surface area (Å²) >= 11 is 0. The summed E-state index contributed by atoms with van der Waals surface area (Å²) in [5, 5.41) is 0. The van der Waals surface area contributed by atoms with Crippen LogP contribution in [0.25, 0.3) is 11.1 Å². The lowest BCUT2D eigenvalue weighted by Gasteiger charge is -2.25. The molecule has 0 saturated carbocycles. The Kier molecular flexibility index (Phi) is 3.75. The van der Waals surface area contributed by atoms with Crippen molar-refractivity contribution < 1.29 is 13.2 Å². The van der Waals surface area contributed by atoms with Gasteiger partial charge in [-0.1, -0.05) is 25.5 Å². The molecular formula is C18H17F3. The second-order valence-corrected chi connectivity index (χ2v) is 5.71. The van der Waals surface area contributed by atoms with Crippen molar-refractivity contribution >= 4 is 0 Å². The van der Waals surface area contributed by atoms with Gasteiger partial charge in [0.2, 0.25) is 0 Å². The molecule has 0 aliphatic heterocycles. The van der Waals surface area contributed by atoms with Crippen molar-refractivity contribution in [2.24, 2.45) is 5.92 Å². The molecule has 3 rings (SSSR count). The van der Waals surface area contributed by atoms with E-state index >= 15 is 0 Å². The summed E-state index contributed by atoms with van der Waals surface area (Å²) in [6.45, 7) is 2.11. The van der Waals surface area contributed by atoms with Crippen molar-refractivity contribution in [3.63, 3.8) is 0 Å². The van der Waals surface area contributed by atoms with Crippen molar-refractivity contribution in [3.8, 4) is 11.1 Å². The van der Waals surface area contributed by atoms with Gasteiger partial charge in [-0.25, -0.2) is 13.2 Å². The molecule has 0 amide bonds. The first-order chi connectivity index (χ1) is 10.1. The molecule has 1 unspecified atom stereocenters. The van der Waals surface area contributed by atoms with E-state index in [4.69, 9.17) is 0 Å². The van der Waals surface area contributed by atoms with Crippen molar-refractivity contribution in [2.75, 3.05) is 0 Å².